The topological polar surface area (TPSA) is 87.7 Å². The lowest BCUT2D eigenvalue weighted by molar-refractivity contribution is 0.0962. The molecule has 10 heteroatoms. The lowest BCUT2D eigenvalue weighted by Crippen LogP contribution is -2.35. The molecule has 0 aliphatic carbocycles. The van der Waals surface area contributed by atoms with Gasteiger partial charge in [-0.3, -0.25) is 9.59 Å². The molecule has 3 amide bonds. The number of methoxy groups -OCH3 is 1. The van der Waals surface area contributed by atoms with E-state index < -0.39 is 12.0 Å². The fourth-order valence-corrected chi connectivity index (χ4v) is 4.74. The number of thiophene rings is 1. The van der Waals surface area contributed by atoms with Gasteiger partial charge in [-0.2, -0.15) is 0 Å². The number of anilines is 1. The summed E-state index contributed by atoms with van der Waals surface area (Å²) in [6.07, 6.45) is 0.0559. The number of amides is 3. The number of ether oxygens (including phenoxy) is 1. The van der Waals surface area contributed by atoms with Crippen LogP contribution in [0.4, 0.5) is 9.80 Å². The molecule has 0 atom stereocenters. The van der Waals surface area contributed by atoms with E-state index in [0.29, 0.717) is 35.1 Å². The molecule has 1 aromatic heterocycles. The number of fused-ring (bicyclic) bond motifs is 1. The summed E-state index contributed by atoms with van der Waals surface area (Å²) in [5.41, 5.74) is 1.48. The summed E-state index contributed by atoms with van der Waals surface area (Å²) < 4.78 is 4.77. The molecule has 3 rings (SSSR count). The van der Waals surface area contributed by atoms with Crippen LogP contribution >= 0.6 is 34.5 Å². The summed E-state index contributed by atoms with van der Waals surface area (Å²) in [7, 11) is 2.85. The standard InChI is InChI=1S/C18H17Cl2N3O4S/c1-21-16(25)14-11-5-6-23(18(26)27-2)8-13(11)28-17(14)22-15(24)10-4-3-9(19)7-12(10)20/h3-4,7H,5-6,8H2,1-2H3,(H,21,25)(H,22,24). The summed E-state index contributed by atoms with van der Waals surface area (Å²) in [6, 6.07) is 4.56. The Morgan fingerprint density at radius 3 is 2.61 bits per heavy atom. The lowest BCUT2D eigenvalue weighted by atomic mass is 10.0. The van der Waals surface area contributed by atoms with Gasteiger partial charge in [-0.15, -0.1) is 11.3 Å². The van der Waals surface area contributed by atoms with E-state index in [1.165, 1.54) is 37.6 Å². The Hall–Kier alpha value is -2.29. The summed E-state index contributed by atoms with van der Waals surface area (Å²) in [6.45, 7) is 0.741. The number of carbonyl (C=O) groups excluding carboxylic acids is 3. The van der Waals surface area contributed by atoms with Crippen LogP contribution in [0, 0.1) is 0 Å². The molecular formula is C18H17Cl2N3O4S. The molecule has 1 aromatic carbocycles. The number of hydrogen-bond acceptors (Lipinski definition) is 5. The van der Waals surface area contributed by atoms with Crippen molar-refractivity contribution in [1.82, 2.24) is 10.2 Å². The Bertz CT molecular complexity index is 961. The van der Waals surface area contributed by atoms with Crippen LogP contribution in [-0.4, -0.2) is 43.5 Å². The van der Waals surface area contributed by atoms with Gasteiger partial charge >= 0.3 is 6.09 Å². The first-order valence-corrected chi connectivity index (χ1v) is 9.88. The molecule has 0 fully saturated rings. The Morgan fingerprint density at radius 1 is 1.21 bits per heavy atom. The molecule has 28 heavy (non-hydrogen) atoms. The highest BCUT2D eigenvalue weighted by molar-refractivity contribution is 7.17. The van der Waals surface area contributed by atoms with E-state index in [1.807, 2.05) is 0 Å². The fourth-order valence-electron chi connectivity index (χ4n) is 2.99. The van der Waals surface area contributed by atoms with Crippen LogP contribution in [0.25, 0.3) is 0 Å². The van der Waals surface area contributed by atoms with Crippen molar-refractivity contribution in [3.8, 4) is 0 Å². The molecule has 2 N–H and O–H groups in total. The third-order valence-corrected chi connectivity index (χ3v) is 6.03. The van der Waals surface area contributed by atoms with Crippen molar-refractivity contribution < 1.29 is 19.1 Å². The molecule has 7 nitrogen and oxygen atoms in total. The molecule has 0 bridgehead atoms. The van der Waals surface area contributed by atoms with Crippen molar-refractivity contribution >= 4 is 57.4 Å². The number of benzene rings is 1. The summed E-state index contributed by atoms with van der Waals surface area (Å²) in [5, 5.41) is 6.42. The minimum absolute atomic E-state index is 0.213. The monoisotopic (exact) mass is 441 g/mol. The van der Waals surface area contributed by atoms with Crippen LogP contribution in [-0.2, 0) is 17.7 Å². The van der Waals surface area contributed by atoms with Crippen molar-refractivity contribution in [3.05, 3.63) is 49.8 Å². The minimum Gasteiger partial charge on any atom is -0.453 e. The first-order chi connectivity index (χ1) is 13.3. The number of nitrogens with zero attached hydrogens (tertiary/aromatic N) is 1. The molecular weight excluding hydrogens is 425 g/mol. The number of nitrogens with one attached hydrogen (secondary N) is 2. The van der Waals surface area contributed by atoms with Crippen LogP contribution in [0.15, 0.2) is 18.2 Å². The van der Waals surface area contributed by atoms with E-state index in [-0.39, 0.29) is 16.5 Å². The maximum atomic E-state index is 12.7. The fraction of sp³-hybridized carbons (Fsp3) is 0.278. The van der Waals surface area contributed by atoms with E-state index in [2.05, 4.69) is 10.6 Å². The summed E-state index contributed by atoms with van der Waals surface area (Å²) in [5.74, 6) is -0.753. The molecule has 1 aliphatic heterocycles. The average Bonchev–Trinajstić information content (AvgIpc) is 3.03. The third-order valence-electron chi connectivity index (χ3n) is 4.35. The summed E-state index contributed by atoms with van der Waals surface area (Å²) in [4.78, 5) is 39.4. The van der Waals surface area contributed by atoms with Gasteiger partial charge in [0, 0.05) is 23.5 Å². The second-order valence-corrected chi connectivity index (χ2v) is 7.96. The number of hydrogen-bond donors (Lipinski definition) is 2. The Kier molecular flexibility index (Phi) is 6.12. The number of rotatable bonds is 3. The van der Waals surface area contributed by atoms with Gasteiger partial charge in [-0.25, -0.2) is 4.79 Å². The van der Waals surface area contributed by atoms with E-state index >= 15 is 0 Å². The first-order valence-electron chi connectivity index (χ1n) is 8.31. The highest BCUT2D eigenvalue weighted by Crippen LogP contribution is 2.38. The van der Waals surface area contributed by atoms with E-state index in [9.17, 15) is 14.4 Å². The Morgan fingerprint density at radius 2 is 1.96 bits per heavy atom. The van der Waals surface area contributed by atoms with Gasteiger partial charge in [0.15, 0.2) is 0 Å². The van der Waals surface area contributed by atoms with Gasteiger partial charge in [0.05, 0.1) is 29.8 Å². The highest BCUT2D eigenvalue weighted by Gasteiger charge is 2.30. The van der Waals surface area contributed by atoms with Gasteiger partial charge in [-0.05, 0) is 30.2 Å². The van der Waals surface area contributed by atoms with Gasteiger partial charge in [-0.1, -0.05) is 23.2 Å². The Balaban J connectivity index is 1.94. The molecule has 1 aliphatic rings. The Labute approximate surface area is 175 Å². The van der Waals surface area contributed by atoms with Crippen molar-refractivity contribution in [2.75, 3.05) is 26.0 Å². The van der Waals surface area contributed by atoms with Gasteiger partial charge in [0.2, 0.25) is 0 Å². The zero-order chi connectivity index (χ0) is 20.4. The smallest absolute Gasteiger partial charge is 0.409 e. The van der Waals surface area contributed by atoms with Gasteiger partial charge < -0.3 is 20.3 Å². The molecule has 0 radical (unpaired) electrons. The van der Waals surface area contributed by atoms with Crippen LogP contribution in [0.5, 0.6) is 0 Å². The zero-order valence-corrected chi connectivity index (χ0v) is 17.4. The van der Waals surface area contributed by atoms with Gasteiger partial charge in [0.25, 0.3) is 11.8 Å². The quantitative estimate of drug-likeness (QED) is 0.757. The second kappa shape index (κ2) is 8.38. The maximum absolute atomic E-state index is 12.7. The first kappa shape index (κ1) is 20.4. The number of carbonyl (C=O) groups is 3. The highest BCUT2D eigenvalue weighted by atomic mass is 35.5. The van der Waals surface area contributed by atoms with Crippen LogP contribution < -0.4 is 10.6 Å². The maximum Gasteiger partial charge on any atom is 0.409 e. The van der Waals surface area contributed by atoms with Crippen LogP contribution in [0.2, 0.25) is 10.0 Å². The van der Waals surface area contributed by atoms with Crippen LogP contribution in [0.3, 0.4) is 0 Å². The SMILES string of the molecule is CNC(=O)c1c(NC(=O)c2ccc(Cl)cc2Cl)sc2c1CCN(C(=O)OC)C2. The normalized spacial score (nSPS) is 12.9. The molecule has 0 unspecified atom stereocenters. The largest absolute Gasteiger partial charge is 0.453 e. The van der Waals surface area contributed by atoms with Gasteiger partial charge in [0.1, 0.15) is 5.00 Å². The minimum atomic E-state index is -0.449. The van der Waals surface area contributed by atoms with Crippen molar-refractivity contribution in [2.24, 2.45) is 0 Å². The average molecular weight is 442 g/mol. The molecule has 2 aromatic rings. The van der Waals surface area contributed by atoms with E-state index in [4.69, 9.17) is 27.9 Å². The predicted octanol–water partition coefficient (Wildman–Crippen LogP) is 3.79. The predicted molar refractivity (Wildman–Crippen MR) is 109 cm³/mol. The molecule has 0 saturated heterocycles. The van der Waals surface area contributed by atoms with Crippen molar-refractivity contribution in [3.63, 3.8) is 0 Å². The zero-order valence-electron chi connectivity index (χ0n) is 15.1. The van der Waals surface area contributed by atoms with E-state index in [1.54, 1.807) is 11.0 Å². The molecule has 0 spiro atoms. The van der Waals surface area contributed by atoms with Crippen LogP contribution in [0.1, 0.15) is 31.2 Å². The van der Waals surface area contributed by atoms with E-state index in [0.717, 1.165) is 10.4 Å². The molecule has 148 valence electrons. The van der Waals surface area contributed by atoms with Crippen molar-refractivity contribution in [2.45, 2.75) is 13.0 Å². The summed E-state index contributed by atoms with van der Waals surface area (Å²) >= 11 is 13.2. The van der Waals surface area contributed by atoms with Crippen molar-refractivity contribution in [1.29, 1.82) is 0 Å². The number of halogens is 2. The molecule has 0 saturated carbocycles. The lowest BCUT2D eigenvalue weighted by Gasteiger charge is -2.25. The molecule has 2 heterocycles. The third kappa shape index (κ3) is 3.94. The second-order valence-electron chi connectivity index (χ2n) is 6.01.